The molecule has 1 aliphatic rings. The topological polar surface area (TPSA) is 47.1 Å². The van der Waals surface area contributed by atoms with Crippen molar-refractivity contribution in [3.05, 3.63) is 23.2 Å². The third-order valence-electron chi connectivity index (χ3n) is 3.97. The van der Waals surface area contributed by atoms with Gasteiger partial charge in [-0.25, -0.2) is 4.98 Å². The molecule has 2 N–H and O–H groups in total. The summed E-state index contributed by atoms with van der Waals surface area (Å²) in [6.45, 7) is 5.51. The molecule has 0 saturated carbocycles. The van der Waals surface area contributed by atoms with Crippen LogP contribution < -0.4 is 5.73 Å². The van der Waals surface area contributed by atoms with Gasteiger partial charge in [0.05, 0.1) is 11.0 Å². The Balaban J connectivity index is 2.03. The molecule has 19 heavy (non-hydrogen) atoms. The summed E-state index contributed by atoms with van der Waals surface area (Å²) < 4.78 is 2.16. The van der Waals surface area contributed by atoms with Crippen LogP contribution in [0.3, 0.4) is 0 Å². The van der Waals surface area contributed by atoms with Gasteiger partial charge in [-0.15, -0.1) is 0 Å². The summed E-state index contributed by atoms with van der Waals surface area (Å²) in [7, 11) is 0. The van der Waals surface area contributed by atoms with Crippen LogP contribution in [0.2, 0.25) is 5.02 Å². The number of hydrogen-bond donors (Lipinski definition) is 1. The van der Waals surface area contributed by atoms with Crippen LogP contribution in [-0.2, 0) is 0 Å². The fourth-order valence-corrected chi connectivity index (χ4v) is 3.16. The highest BCUT2D eigenvalue weighted by molar-refractivity contribution is 6.31. The van der Waals surface area contributed by atoms with Crippen LogP contribution in [0.4, 0.5) is 5.95 Å². The third kappa shape index (κ3) is 2.30. The molecule has 2 heterocycles. The van der Waals surface area contributed by atoms with Crippen molar-refractivity contribution in [2.24, 2.45) is 0 Å². The maximum absolute atomic E-state index is 6.11. The van der Waals surface area contributed by atoms with E-state index < -0.39 is 0 Å². The molecular formula is C14H19ClN4. The molecule has 1 atom stereocenters. The van der Waals surface area contributed by atoms with Gasteiger partial charge in [-0.1, -0.05) is 18.5 Å². The Labute approximate surface area is 118 Å². The largest absolute Gasteiger partial charge is 0.369 e. The number of hydrogen-bond acceptors (Lipinski definition) is 3. The molecule has 3 rings (SSSR count). The van der Waals surface area contributed by atoms with E-state index in [0.717, 1.165) is 35.6 Å². The van der Waals surface area contributed by atoms with E-state index in [-0.39, 0.29) is 0 Å². The Hall–Kier alpha value is -1.26. The number of aromatic nitrogens is 2. The summed E-state index contributed by atoms with van der Waals surface area (Å²) in [6.07, 6.45) is 2.36. The summed E-state index contributed by atoms with van der Waals surface area (Å²) in [6, 6.07) is 6.16. The molecule has 1 fully saturated rings. The predicted octanol–water partition coefficient (Wildman–Crippen LogP) is 2.93. The summed E-state index contributed by atoms with van der Waals surface area (Å²) >= 11 is 6.10. The van der Waals surface area contributed by atoms with Crippen LogP contribution in [0.1, 0.15) is 25.8 Å². The summed E-state index contributed by atoms with van der Waals surface area (Å²) in [4.78, 5) is 6.91. The number of benzene rings is 1. The van der Waals surface area contributed by atoms with Crippen molar-refractivity contribution in [3.63, 3.8) is 0 Å². The van der Waals surface area contributed by atoms with E-state index in [9.17, 15) is 0 Å². The number of fused-ring (bicyclic) bond motifs is 1. The van der Waals surface area contributed by atoms with E-state index in [1.165, 1.54) is 13.0 Å². The molecule has 1 aromatic heterocycles. The van der Waals surface area contributed by atoms with Crippen LogP contribution in [0.25, 0.3) is 11.0 Å². The number of piperidine rings is 1. The average molecular weight is 279 g/mol. The Bertz CT molecular complexity index is 592. The van der Waals surface area contributed by atoms with E-state index in [2.05, 4.69) is 21.4 Å². The van der Waals surface area contributed by atoms with Crippen LogP contribution in [-0.4, -0.2) is 34.1 Å². The van der Waals surface area contributed by atoms with Crippen LogP contribution in [0, 0.1) is 0 Å². The number of halogens is 1. The molecule has 1 aromatic carbocycles. The smallest absolute Gasteiger partial charge is 0.201 e. The molecule has 0 amide bonds. The number of imidazole rings is 1. The first-order valence-electron chi connectivity index (χ1n) is 6.84. The van der Waals surface area contributed by atoms with E-state index in [1.807, 2.05) is 18.2 Å². The first-order valence-corrected chi connectivity index (χ1v) is 7.22. The number of likely N-dealkylation sites (N-methyl/N-ethyl adjacent to an activating group) is 1. The van der Waals surface area contributed by atoms with E-state index in [0.29, 0.717) is 12.0 Å². The predicted molar refractivity (Wildman–Crippen MR) is 79.5 cm³/mol. The molecule has 1 saturated heterocycles. The second-order valence-electron chi connectivity index (χ2n) is 5.16. The normalized spacial score (nSPS) is 21.1. The maximum atomic E-state index is 6.11. The second-order valence-corrected chi connectivity index (χ2v) is 5.60. The van der Waals surface area contributed by atoms with Gasteiger partial charge < -0.3 is 15.2 Å². The Morgan fingerprint density at radius 2 is 2.32 bits per heavy atom. The fourth-order valence-electron chi connectivity index (χ4n) is 3.00. The van der Waals surface area contributed by atoms with E-state index >= 15 is 0 Å². The molecule has 0 bridgehead atoms. The number of rotatable bonds is 2. The molecular weight excluding hydrogens is 260 g/mol. The third-order valence-corrected chi connectivity index (χ3v) is 4.21. The number of nitrogen functional groups attached to an aromatic ring is 1. The molecule has 4 nitrogen and oxygen atoms in total. The highest BCUT2D eigenvalue weighted by Gasteiger charge is 2.23. The zero-order valence-corrected chi connectivity index (χ0v) is 11.9. The first kappa shape index (κ1) is 12.8. The van der Waals surface area contributed by atoms with E-state index in [4.69, 9.17) is 17.3 Å². The van der Waals surface area contributed by atoms with Crippen molar-refractivity contribution in [1.82, 2.24) is 14.5 Å². The number of nitrogens with zero attached hydrogens (tertiary/aromatic N) is 3. The lowest BCUT2D eigenvalue weighted by molar-refractivity contribution is 0.188. The SMILES string of the molecule is CCN1CCCC(n2c(N)nc3ccc(Cl)cc32)C1. The number of anilines is 1. The highest BCUT2D eigenvalue weighted by Crippen LogP contribution is 2.30. The van der Waals surface area contributed by atoms with Gasteiger partial charge in [0.25, 0.3) is 0 Å². The molecule has 1 aliphatic heterocycles. The second kappa shape index (κ2) is 5.02. The molecule has 0 radical (unpaired) electrons. The Morgan fingerprint density at radius 1 is 1.47 bits per heavy atom. The van der Waals surface area contributed by atoms with Crippen LogP contribution in [0.15, 0.2) is 18.2 Å². The van der Waals surface area contributed by atoms with Crippen molar-refractivity contribution >= 4 is 28.6 Å². The van der Waals surface area contributed by atoms with Crippen LogP contribution >= 0.6 is 11.6 Å². The maximum Gasteiger partial charge on any atom is 0.201 e. The van der Waals surface area contributed by atoms with Crippen LogP contribution in [0.5, 0.6) is 0 Å². The molecule has 2 aromatic rings. The lowest BCUT2D eigenvalue weighted by Crippen LogP contribution is -2.36. The van der Waals surface area contributed by atoms with Gasteiger partial charge in [0.15, 0.2) is 0 Å². The Morgan fingerprint density at radius 3 is 3.11 bits per heavy atom. The summed E-state index contributed by atoms with van der Waals surface area (Å²) in [5.41, 5.74) is 8.09. The highest BCUT2D eigenvalue weighted by atomic mass is 35.5. The zero-order valence-electron chi connectivity index (χ0n) is 11.1. The van der Waals surface area contributed by atoms with Gasteiger partial charge >= 0.3 is 0 Å². The van der Waals surface area contributed by atoms with Gasteiger partial charge in [-0.05, 0) is 44.1 Å². The quantitative estimate of drug-likeness (QED) is 0.919. The molecule has 0 spiro atoms. The van der Waals surface area contributed by atoms with Gasteiger partial charge in [0.1, 0.15) is 0 Å². The standard InChI is InChI=1S/C14H19ClN4/c1-2-18-7-3-4-11(9-18)19-13-8-10(15)5-6-12(13)17-14(19)16/h5-6,8,11H,2-4,7,9H2,1H3,(H2,16,17). The van der Waals surface area contributed by atoms with Crippen molar-refractivity contribution in [2.75, 3.05) is 25.4 Å². The van der Waals surface area contributed by atoms with Gasteiger partial charge in [-0.2, -0.15) is 0 Å². The van der Waals surface area contributed by atoms with Gasteiger partial charge in [0.2, 0.25) is 5.95 Å². The lowest BCUT2D eigenvalue weighted by Gasteiger charge is -2.33. The molecule has 1 unspecified atom stereocenters. The Kier molecular flexibility index (Phi) is 3.37. The molecule has 5 heteroatoms. The van der Waals surface area contributed by atoms with Crippen molar-refractivity contribution in [3.8, 4) is 0 Å². The number of nitrogens with two attached hydrogens (primary N) is 1. The monoisotopic (exact) mass is 278 g/mol. The van der Waals surface area contributed by atoms with Crippen molar-refractivity contribution in [2.45, 2.75) is 25.8 Å². The fraction of sp³-hybridized carbons (Fsp3) is 0.500. The minimum absolute atomic E-state index is 0.400. The minimum atomic E-state index is 0.400. The minimum Gasteiger partial charge on any atom is -0.369 e. The van der Waals surface area contributed by atoms with Gasteiger partial charge in [0, 0.05) is 17.6 Å². The van der Waals surface area contributed by atoms with Crippen molar-refractivity contribution < 1.29 is 0 Å². The van der Waals surface area contributed by atoms with Crippen molar-refractivity contribution in [1.29, 1.82) is 0 Å². The molecule has 102 valence electrons. The zero-order chi connectivity index (χ0) is 13.4. The van der Waals surface area contributed by atoms with Gasteiger partial charge in [-0.3, -0.25) is 0 Å². The first-order chi connectivity index (χ1) is 9.19. The van der Waals surface area contributed by atoms with E-state index in [1.54, 1.807) is 0 Å². The number of likely N-dealkylation sites (tertiary alicyclic amines) is 1. The molecule has 0 aliphatic carbocycles. The average Bonchev–Trinajstić information content (AvgIpc) is 2.74. The lowest BCUT2D eigenvalue weighted by atomic mass is 10.1. The summed E-state index contributed by atoms with van der Waals surface area (Å²) in [5, 5.41) is 0.733. The summed E-state index contributed by atoms with van der Waals surface area (Å²) in [5.74, 6) is 0.597.